The molecule has 270 valence electrons. The summed E-state index contributed by atoms with van der Waals surface area (Å²) < 4.78 is 0. The molecule has 4 aliphatic carbocycles. The molecule has 4 heteroatoms. The van der Waals surface area contributed by atoms with E-state index >= 15 is 0 Å². The molecule has 3 nitrogen and oxygen atoms in total. The number of benzene rings is 7. The highest BCUT2D eigenvalue weighted by Gasteiger charge is 2.50. The van der Waals surface area contributed by atoms with Crippen LogP contribution in [0.3, 0.4) is 0 Å². The van der Waals surface area contributed by atoms with Crippen LogP contribution in [0.4, 0.5) is 17.1 Å². The Hall–Kier alpha value is -5.97. The van der Waals surface area contributed by atoms with E-state index in [9.17, 15) is 9.59 Å². The van der Waals surface area contributed by atoms with Gasteiger partial charge in [-0.1, -0.05) is 127 Å². The highest BCUT2D eigenvalue weighted by atomic mass is 32.2. The van der Waals surface area contributed by atoms with E-state index in [-0.39, 0.29) is 22.4 Å². The molecule has 0 amide bonds. The summed E-state index contributed by atoms with van der Waals surface area (Å²) >= 11 is 1.86. The molecule has 7 aromatic rings. The van der Waals surface area contributed by atoms with Gasteiger partial charge in [0.2, 0.25) is 0 Å². The Morgan fingerprint density at radius 1 is 0.393 bits per heavy atom. The molecule has 5 aliphatic rings. The predicted molar refractivity (Wildman–Crippen MR) is 227 cm³/mol. The maximum atomic E-state index is 13.4. The summed E-state index contributed by atoms with van der Waals surface area (Å²) in [4.78, 5) is 31.5. The summed E-state index contributed by atoms with van der Waals surface area (Å²) in [7, 11) is 0. The van der Waals surface area contributed by atoms with Crippen molar-refractivity contribution in [2.45, 2.75) is 59.1 Å². The third-order valence-corrected chi connectivity index (χ3v) is 14.5. The number of anilines is 3. The Morgan fingerprint density at radius 3 is 1.48 bits per heavy atom. The molecule has 0 radical (unpaired) electrons. The van der Waals surface area contributed by atoms with E-state index in [4.69, 9.17) is 0 Å². The molecular weight excluding hydrogens is 703 g/mol. The summed E-state index contributed by atoms with van der Waals surface area (Å²) in [5.74, 6) is -0.149. The summed E-state index contributed by atoms with van der Waals surface area (Å²) in [6.07, 6.45) is 7.22. The fraction of sp³-hybridized carbons (Fsp3) is 0.154. The summed E-state index contributed by atoms with van der Waals surface area (Å²) in [5.41, 5.74) is 13.6. The minimum absolute atomic E-state index is 0.0742. The number of hydrogen-bond acceptors (Lipinski definition) is 4. The second kappa shape index (κ2) is 12.8. The number of rotatable bonds is 5. The standard InChI is InChI=1S/C52H39NO2S/c54-49-41-10-4-5-11-42(41)50(55)44-32-36(18-24-43(44)49)34-14-20-38(21-15-34)51-26-29-52(30-27-51,31-28-51)39-22-16-35(17-23-39)37-19-25-46-48(33-37)56-47-13-7-6-12-45(47)53(46)40-8-2-1-3-9-40/h1-25,32-33H,26-31H2. The molecule has 3 fully saturated rings. The zero-order valence-corrected chi connectivity index (χ0v) is 31.8. The Morgan fingerprint density at radius 2 is 0.857 bits per heavy atom. The van der Waals surface area contributed by atoms with Gasteiger partial charge < -0.3 is 4.90 Å². The van der Waals surface area contributed by atoms with Gasteiger partial charge in [-0.25, -0.2) is 0 Å². The molecule has 0 atom stereocenters. The molecule has 12 rings (SSSR count). The molecular formula is C52H39NO2S. The average molecular weight is 742 g/mol. The van der Waals surface area contributed by atoms with Gasteiger partial charge in [0, 0.05) is 37.7 Å². The van der Waals surface area contributed by atoms with Gasteiger partial charge in [-0.15, -0.1) is 0 Å². The predicted octanol–water partition coefficient (Wildman–Crippen LogP) is 13.3. The van der Waals surface area contributed by atoms with Gasteiger partial charge in [-0.05, 0) is 131 Å². The quantitative estimate of drug-likeness (QED) is 0.176. The van der Waals surface area contributed by atoms with Crippen molar-refractivity contribution in [3.05, 3.63) is 197 Å². The number of para-hydroxylation sites is 2. The second-order valence-corrected chi connectivity index (χ2v) is 17.2. The summed E-state index contributed by atoms with van der Waals surface area (Å²) in [6.45, 7) is 0. The summed E-state index contributed by atoms with van der Waals surface area (Å²) in [6, 6.07) is 57.7. The molecule has 3 saturated carbocycles. The molecule has 7 aromatic carbocycles. The molecule has 1 aliphatic heterocycles. The van der Waals surface area contributed by atoms with Gasteiger partial charge in [0.05, 0.1) is 11.4 Å². The van der Waals surface area contributed by atoms with Crippen LogP contribution in [0, 0.1) is 0 Å². The molecule has 0 aromatic heterocycles. The Balaban J connectivity index is 0.805. The van der Waals surface area contributed by atoms with Gasteiger partial charge in [0.1, 0.15) is 0 Å². The van der Waals surface area contributed by atoms with Crippen molar-refractivity contribution in [1.29, 1.82) is 0 Å². The lowest BCUT2D eigenvalue weighted by Crippen LogP contribution is -2.46. The zero-order valence-electron chi connectivity index (χ0n) is 31.0. The van der Waals surface area contributed by atoms with E-state index in [1.807, 2.05) is 42.1 Å². The first-order chi connectivity index (χ1) is 27.5. The van der Waals surface area contributed by atoms with Crippen molar-refractivity contribution in [3.8, 4) is 22.3 Å². The number of nitrogens with zero attached hydrogens (tertiary/aromatic N) is 1. The zero-order chi connectivity index (χ0) is 37.4. The maximum Gasteiger partial charge on any atom is 0.194 e. The van der Waals surface area contributed by atoms with Crippen LogP contribution in [0.2, 0.25) is 0 Å². The molecule has 56 heavy (non-hydrogen) atoms. The van der Waals surface area contributed by atoms with Crippen LogP contribution in [-0.2, 0) is 10.8 Å². The number of fused-ring (bicyclic) bond motifs is 7. The second-order valence-electron chi connectivity index (χ2n) is 16.1. The van der Waals surface area contributed by atoms with Crippen molar-refractivity contribution < 1.29 is 9.59 Å². The van der Waals surface area contributed by atoms with E-state index in [0.717, 1.165) is 11.1 Å². The van der Waals surface area contributed by atoms with Crippen LogP contribution in [-0.4, -0.2) is 11.6 Å². The lowest BCUT2D eigenvalue weighted by Gasteiger charge is -2.54. The van der Waals surface area contributed by atoms with E-state index in [1.165, 1.54) is 87.6 Å². The van der Waals surface area contributed by atoms with Crippen LogP contribution in [0.15, 0.2) is 174 Å². The minimum atomic E-state index is -0.0749. The van der Waals surface area contributed by atoms with Crippen LogP contribution < -0.4 is 4.90 Å². The molecule has 2 bridgehead atoms. The topological polar surface area (TPSA) is 37.4 Å². The molecule has 0 saturated heterocycles. The van der Waals surface area contributed by atoms with E-state index in [1.54, 1.807) is 12.1 Å². The lowest BCUT2D eigenvalue weighted by atomic mass is 9.50. The van der Waals surface area contributed by atoms with Crippen LogP contribution in [0.25, 0.3) is 22.3 Å². The first-order valence-electron chi connectivity index (χ1n) is 19.8. The average Bonchev–Trinajstić information content (AvgIpc) is 3.28. The highest BCUT2D eigenvalue weighted by molar-refractivity contribution is 7.99. The SMILES string of the molecule is O=C1c2ccccc2C(=O)c2cc(-c3ccc(C45CCC(c6ccc(-c7ccc8c(c7)Sc7ccccc7N8c7ccccc7)cc6)(CC4)CC5)cc3)ccc21. The van der Waals surface area contributed by atoms with E-state index < -0.39 is 0 Å². The summed E-state index contributed by atoms with van der Waals surface area (Å²) in [5, 5.41) is 0. The highest BCUT2D eigenvalue weighted by Crippen LogP contribution is 2.59. The van der Waals surface area contributed by atoms with Crippen molar-refractivity contribution in [3.63, 3.8) is 0 Å². The number of carbonyl (C=O) groups is 2. The fourth-order valence-corrected chi connectivity index (χ4v) is 11.3. The Kier molecular flexibility index (Phi) is 7.62. The smallest absolute Gasteiger partial charge is 0.194 e. The first-order valence-corrected chi connectivity index (χ1v) is 20.6. The van der Waals surface area contributed by atoms with Gasteiger partial charge in [-0.2, -0.15) is 0 Å². The van der Waals surface area contributed by atoms with E-state index in [0.29, 0.717) is 22.3 Å². The van der Waals surface area contributed by atoms with Crippen molar-refractivity contribution in [1.82, 2.24) is 0 Å². The Labute approximate surface area is 332 Å². The fourth-order valence-electron chi connectivity index (χ4n) is 10.2. The normalized spacial score (nSPS) is 20.5. The first kappa shape index (κ1) is 33.4. The van der Waals surface area contributed by atoms with Crippen molar-refractivity contribution >= 4 is 40.4 Å². The monoisotopic (exact) mass is 741 g/mol. The van der Waals surface area contributed by atoms with Crippen LogP contribution in [0.5, 0.6) is 0 Å². The largest absolute Gasteiger partial charge is 0.308 e. The minimum Gasteiger partial charge on any atom is -0.308 e. The molecule has 0 unspecified atom stereocenters. The number of ketones is 2. The van der Waals surface area contributed by atoms with Gasteiger partial charge in [-0.3, -0.25) is 9.59 Å². The molecule has 0 spiro atoms. The van der Waals surface area contributed by atoms with E-state index in [2.05, 4.69) is 126 Å². The number of hydrogen-bond donors (Lipinski definition) is 0. The Bertz CT molecular complexity index is 2690. The van der Waals surface area contributed by atoms with Crippen LogP contribution >= 0.6 is 11.8 Å². The molecule has 0 N–H and O–H groups in total. The van der Waals surface area contributed by atoms with Crippen molar-refractivity contribution in [2.75, 3.05) is 4.90 Å². The third kappa shape index (κ3) is 5.19. The maximum absolute atomic E-state index is 13.4. The lowest BCUT2D eigenvalue weighted by molar-refractivity contribution is 0.0979. The van der Waals surface area contributed by atoms with Gasteiger partial charge >= 0.3 is 0 Å². The van der Waals surface area contributed by atoms with Crippen LogP contribution in [0.1, 0.15) is 81.5 Å². The van der Waals surface area contributed by atoms with Crippen molar-refractivity contribution in [2.24, 2.45) is 0 Å². The third-order valence-electron chi connectivity index (χ3n) is 13.4. The van der Waals surface area contributed by atoms with Gasteiger partial charge in [0.25, 0.3) is 0 Å². The molecule has 1 heterocycles. The number of carbonyl (C=O) groups excluding carboxylic acids is 2. The van der Waals surface area contributed by atoms with Gasteiger partial charge in [0.15, 0.2) is 11.6 Å².